The maximum Gasteiger partial charge on any atom is 0.335 e. The number of carbonyl (C=O) groups excluding carboxylic acids is 2. The Hall–Kier alpha value is -2.41. The Bertz CT molecular complexity index is 545. The number of rotatable bonds is 6. The number of nitrogens with two attached hydrogens (primary N) is 1. The minimum atomic E-state index is -0.979. The Kier molecular flexibility index (Phi) is 5.86. The highest BCUT2D eigenvalue weighted by molar-refractivity contribution is 5.96. The van der Waals surface area contributed by atoms with Crippen LogP contribution in [0.2, 0.25) is 0 Å². The molecule has 114 valence electrons. The second-order valence-electron chi connectivity index (χ2n) is 4.72. The summed E-state index contributed by atoms with van der Waals surface area (Å²) < 4.78 is 0. The predicted octanol–water partition coefficient (Wildman–Crippen LogP) is 0.443. The minimum absolute atomic E-state index is 0.250. The van der Waals surface area contributed by atoms with Gasteiger partial charge in [-0.05, 0) is 32.0 Å². The number of carboxylic acids is 1. The largest absolute Gasteiger partial charge is 0.478 e. The fraction of sp³-hybridized carbons (Fsp3) is 0.357. The quantitative estimate of drug-likeness (QED) is 0.704. The van der Waals surface area contributed by atoms with Crippen LogP contribution in [0.4, 0.5) is 4.79 Å². The summed E-state index contributed by atoms with van der Waals surface area (Å²) in [4.78, 5) is 35.1. The molecule has 0 aromatic heterocycles. The molecule has 1 aromatic rings. The zero-order valence-corrected chi connectivity index (χ0v) is 12.0. The molecule has 4 N–H and O–H groups in total. The van der Waals surface area contributed by atoms with Crippen LogP contribution in [0.25, 0.3) is 0 Å². The first-order valence-electron chi connectivity index (χ1n) is 6.44. The molecular weight excluding hydrogens is 274 g/mol. The summed E-state index contributed by atoms with van der Waals surface area (Å²) in [5.74, 6) is -1.47. The molecule has 0 aliphatic heterocycles. The van der Waals surface area contributed by atoms with Crippen LogP contribution in [0.15, 0.2) is 24.3 Å². The lowest BCUT2D eigenvalue weighted by molar-refractivity contribution is -0.124. The standard InChI is InChI=1S/C14H19N3O4/c1-9(12(18)16-14(15)21)17(2)8-7-10-5-3-4-6-11(10)13(19)20/h3-6,9H,7-8H2,1-2H3,(H,19,20)(H3,15,16,18,21). The van der Waals surface area contributed by atoms with Crippen LogP contribution in [0.3, 0.4) is 0 Å². The molecule has 1 rings (SSSR count). The van der Waals surface area contributed by atoms with Crippen molar-refractivity contribution in [3.63, 3.8) is 0 Å². The van der Waals surface area contributed by atoms with Gasteiger partial charge in [0.2, 0.25) is 5.91 Å². The van der Waals surface area contributed by atoms with Gasteiger partial charge in [-0.3, -0.25) is 15.0 Å². The van der Waals surface area contributed by atoms with Gasteiger partial charge in [0.15, 0.2) is 0 Å². The van der Waals surface area contributed by atoms with Crippen molar-refractivity contribution in [1.29, 1.82) is 0 Å². The zero-order valence-electron chi connectivity index (χ0n) is 12.0. The number of hydrogen-bond donors (Lipinski definition) is 3. The van der Waals surface area contributed by atoms with Crippen LogP contribution in [0.5, 0.6) is 0 Å². The molecule has 0 saturated carbocycles. The van der Waals surface area contributed by atoms with E-state index in [2.05, 4.69) is 0 Å². The monoisotopic (exact) mass is 293 g/mol. The highest BCUT2D eigenvalue weighted by atomic mass is 16.4. The summed E-state index contributed by atoms with van der Waals surface area (Å²) in [5, 5.41) is 11.1. The maximum atomic E-state index is 11.6. The van der Waals surface area contributed by atoms with E-state index in [0.717, 1.165) is 0 Å². The first-order valence-corrected chi connectivity index (χ1v) is 6.44. The number of carbonyl (C=O) groups is 3. The average Bonchev–Trinajstić information content (AvgIpc) is 2.43. The number of carboxylic acid groups (broad SMARTS) is 1. The first kappa shape index (κ1) is 16.6. The van der Waals surface area contributed by atoms with Crippen LogP contribution in [-0.4, -0.2) is 47.5 Å². The number of likely N-dealkylation sites (N-methyl/N-ethyl adjacent to an activating group) is 1. The van der Waals surface area contributed by atoms with Crippen LogP contribution >= 0.6 is 0 Å². The van der Waals surface area contributed by atoms with Gasteiger partial charge < -0.3 is 10.8 Å². The molecule has 0 aliphatic carbocycles. The Labute approximate surface area is 122 Å². The van der Waals surface area contributed by atoms with E-state index in [4.69, 9.17) is 10.8 Å². The van der Waals surface area contributed by atoms with Crippen LogP contribution < -0.4 is 11.1 Å². The van der Waals surface area contributed by atoms with Crippen LogP contribution in [0, 0.1) is 0 Å². The summed E-state index contributed by atoms with van der Waals surface area (Å²) in [5.41, 5.74) is 5.84. The van der Waals surface area contributed by atoms with E-state index in [0.29, 0.717) is 18.5 Å². The number of nitrogens with zero attached hydrogens (tertiary/aromatic N) is 1. The van der Waals surface area contributed by atoms with Gasteiger partial charge in [-0.1, -0.05) is 18.2 Å². The molecule has 3 amide bonds. The Balaban J connectivity index is 2.64. The lowest BCUT2D eigenvalue weighted by Gasteiger charge is -2.23. The summed E-state index contributed by atoms with van der Waals surface area (Å²) in [7, 11) is 1.72. The second-order valence-corrected chi connectivity index (χ2v) is 4.72. The first-order chi connectivity index (χ1) is 9.82. The molecule has 7 heteroatoms. The van der Waals surface area contributed by atoms with Crippen molar-refractivity contribution in [1.82, 2.24) is 10.2 Å². The fourth-order valence-corrected chi connectivity index (χ4v) is 1.86. The fourth-order valence-electron chi connectivity index (χ4n) is 1.86. The highest BCUT2D eigenvalue weighted by Gasteiger charge is 2.19. The third-order valence-electron chi connectivity index (χ3n) is 3.27. The van der Waals surface area contributed by atoms with Gasteiger partial charge in [0, 0.05) is 6.54 Å². The number of aromatic carboxylic acids is 1. The van der Waals surface area contributed by atoms with Gasteiger partial charge in [-0.2, -0.15) is 0 Å². The van der Waals surface area contributed by atoms with Crippen LogP contribution in [-0.2, 0) is 11.2 Å². The third-order valence-corrected chi connectivity index (χ3v) is 3.27. The summed E-state index contributed by atoms with van der Waals surface area (Å²) in [6.45, 7) is 2.11. The zero-order chi connectivity index (χ0) is 16.0. The smallest absolute Gasteiger partial charge is 0.335 e. The Morgan fingerprint density at radius 1 is 1.33 bits per heavy atom. The van der Waals surface area contributed by atoms with Crippen molar-refractivity contribution >= 4 is 17.9 Å². The number of primary amides is 1. The molecule has 0 radical (unpaired) electrons. The van der Waals surface area contributed by atoms with Crippen molar-refractivity contribution in [3.8, 4) is 0 Å². The van der Waals surface area contributed by atoms with Crippen molar-refractivity contribution in [2.24, 2.45) is 5.73 Å². The molecule has 0 heterocycles. The van der Waals surface area contributed by atoms with E-state index in [1.54, 1.807) is 43.1 Å². The van der Waals surface area contributed by atoms with Gasteiger partial charge >= 0.3 is 12.0 Å². The van der Waals surface area contributed by atoms with E-state index in [1.807, 2.05) is 5.32 Å². The lowest BCUT2D eigenvalue weighted by Crippen LogP contribution is -2.47. The summed E-state index contributed by atoms with van der Waals surface area (Å²) in [6, 6.07) is 5.28. The highest BCUT2D eigenvalue weighted by Crippen LogP contribution is 2.10. The maximum absolute atomic E-state index is 11.6. The second kappa shape index (κ2) is 7.39. The number of hydrogen-bond acceptors (Lipinski definition) is 4. The molecule has 1 atom stereocenters. The van der Waals surface area contributed by atoms with Gasteiger partial charge in [-0.25, -0.2) is 9.59 Å². The Morgan fingerprint density at radius 3 is 2.52 bits per heavy atom. The number of nitrogens with one attached hydrogen (secondary N) is 1. The predicted molar refractivity (Wildman–Crippen MR) is 76.9 cm³/mol. The molecule has 1 aromatic carbocycles. The van der Waals surface area contributed by atoms with E-state index in [9.17, 15) is 14.4 Å². The molecule has 1 unspecified atom stereocenters. The van der Waals surface area contributed by atoms with E-state index in [1.165, 1.54) is 0 Å². The number of imide groups is 1. The van der Waals surface area contributed by atoms with Crippen molar-refractivity contribution < 1.29 is 19.5 Å². The van der Waals surface area contributed by atoms with Crippen molar-refractivity contribution in [3.05, 3.63) is 35.4 Å². The van der Waals surface area contributed by atoms with Gasteiger partial charge in [0.05, 0.1) is 11.6 Å². The third kappa shape index (κ3) is 4.88. The molecule has 21 heavy (non-hydrogen) atoms. The van der Waals surface area contributed by atoms with E-state index < -0.39 is 23.9 Å². The van der Waals surface area contributed by atoms with Gasteiger partial charge in [-0.15, -0.1) is 0 Å². The Morgan fingerprint density at radius 2 is 1.95 bits per heavy atom. The van der Waals surface area contributed by atoms with Gasteiger partial charge in [0.25, 0.3) is 0 Å². The number of urea groups is 1. The molecule has 0 fully saturated rings. The van der Waals surface area contributed by atoms with Crippen molar-refractivity contribution in [2.75, 3.05) is 13.6 Å². The molecular formula is C14H19N3O4. The van der Waals surface area contributed by atoms with Gasteiger partial charge in [0.1, 0.15) is 0 Å². The molecule has 0 bridgehead atoms. The number of amides is 3. The molecule has 0 aliphatic rings. The summed E-state index contributed by atoms with van der Waals surface area (Å²) >= 11 is 0. The van der Waals surface area contributed by atoms with E-state index in [-0.39, 0.29) is 5.56 Å². The lowest BCUT2D eigenvalue weighted by atomic mass is 10.0. The summed E-state index contributed by atoms with van der Waals surface area (Å²) in [6.07, 6.45) is 0.479. The molecule has 0 saturated heterocycles. The average molecular weight is 293 g/mol. The minimum Gasteiger partial charge on any atom is -0.478 e. The number of benzene rings is 1. The van der Waals surface area contributed by atoms with Crippen LogP contribution in [0.1, 0.15) is 22.8 Å². The SMILES string of the molecule is CC(C(=O)NC(N)=O)N(C)CCc1ccccc1C(=O)O. The molecule has 0 spiro atoms. The molecule has 7 nitrogen and oxygen atoms in total. The van der Waals surface area contributed by atoms with E-state index >= 15 is 0 Å². The normalized spacial score (nSPS) is 12.0. The topological polar surface area (TPSA) is 113 Å². The van der Waals surface area contributed by atoms with Crippen molar-refractivity contribution in [2.45, 2.75) is 19.4 Å².